The van der Waals surface area contributed by atoms with E-state index in [-0.39, 0.29) is 18.3 Å². The lowest BCUT2D eigenvalue weighted by atomic mass is 9.95. The molecule has 0 N–H and O–H groups in total. The van der Waals surface area contributed by atoms with Crippen LogP contribution in [0.2, 0.25) is 0 Å². The molecule has 0 radical (unpaired) electrons. The average molecular weight is 404 g/mol. The fraction of sp³-hybridized carbons (Fsp3) is 0.667. The van der Waals surface area contributed by atoms with Crippen molar-refractivity contribution in [1.82, 2.24) is 0 Å². The maximum atomic E-state index is 6.13. The minimum absolute atomic E-state index is 0.0756. The first-order chi connectivity index (χ1) is 9.69. The predicted molar refractivity (Wildman–Crippen MR) is 81.6 cm³/mol. The van der Waals surface area contributed by atoms with Crippen LogP contribution in [-0.2, 0) is 14.2 Å². The lowest BCUT2D eigenvalue weighted by Crippen LogP contribution is -2.50. The summed E-state index contributed by atoms with van der Waals surface area (Å²) in [5.74, 6) is 2.28. The quantitative estimate of drug-likeness (QED) is 0.532. The van der Waals surface area contributed by atoms with Gasteiger partial charge in [-0.15, -0.1) is 5.73 Å². The van der Waals surface area contributed by atoms with Crippen molar-refractivity contribution in [3.8, 4) is 0 Å². The third-order valence-corrected chi connectivity index (χ3v) is 5.61. The first-order valence-electron chi connectivity index (χ1n) is 7.06. The van der Waals surface area contributed by atoms with Gasteiger partial charge in [0.1, 0.15) is 11.9 Å². The van der Waals surface area contributed by atoms with Crippen LogP contribution < -0.4 is 0 Å². The van der Waals surface area contributed by atoms with Crippen LogP contribution >= 0.6 is 31.9 Å². The van der Waals surface area contributed by atoms with Crippen molar-refractivity contribution in [2.75, 3.05) is 0 Å². The molecule has 3 fully saturated rings. The van der Waals surface area contributed by atoms with Crippen LogP contribution in [0.5, 0.6) is 0 Å². The van der Waals surface area contributed by atoms with Gasteiger partial charge in [-0.25, -0.2) is 0 Å². The van der Waals surface area contributed by atoms with Gasteiger partial charge in [0.25, 0.3) is 0 Å². The van der Waals surface area contributed by atoms with Crippen molar-refractivity contribution in [2.24, 2.45) is 11.8 Å². The molecule has 4 rings (SSSR count). The van der Waals surface area contributed by atoms with E-state index in [1.165, 1.54) is 6.42 Å². The lowest BCUT2D eigenvalue weighted by molar-refractivity contribution is -0.168. The number of hydrogen-bond acceptors (Lipinski definition) is 3. The molecular formula is C15H16Br2O3. The molecule has 3 nitrogen and oxygen atoms in total. The minimum atomic E-state index is 0.0756. The number of epoxide rings is 1. The fourth-order valence-corrected chi connectivity index (χ4v) is 4.21. The summed E-state index contributed by atoms with van der Waals surface area (Å²) < 4.78 is 18.8. The average Bonchev–Trinajstić information content (AvgIpc) is 3.28. The van der Waals surface area contributed by atoms with Crippen LogP contribution in [0.1, 0.15) is 19.8 Å². The summed E-state index contributed by atoms with van der Waals surface area (Å²) in [6, 6.07) is 0. The summed E-state index contributed by atoms with van der Waals surface area (Å²) in [7, 11) is 0. The standard InChI is InChI=1S/C15H16Br2O3/c1-7-12(18-7)9-6-10(9)13-15-14(20-13)11(17)5-8(19-15)3-2-4-16/h3-4,7-10,12-13,15H,5-6H2,1H3. The largest absolute Gasteiger partial charge is 0.487 e. The third-order valence-electron chi connectivity index (χ3n) is 4.63. The van der Waals surface area contributed by atoms with E-state index in [0.29, 0.717) is 24.0 Å². The van der Waals surface area contributed by atoms with E-state index in [1.807, 2.05) is 6.08 Å². The van der Waals surface area contributed by atoms with Crippen molar-refractivity contribution in [3.63, 3.8) is 0 Å². The molecule has 4 aliphatic rings. The van der Waals surface area contributed by atoms with Crippen molar-refractivity contribution in [3.05, 3.63) is 27.0 Å². The zero-order valence-electron chi connectivity index (χ0n) is 11.1. The summed E-state index contributed by atoms with van der Waals surface area (Å²) >= 11 is 6.85. The van der Waals surface area contributed by atoms with E-state index in [9.17, 15) is 0 Å². The number of rotatable bonds is 3. The van der Waals surface area contributed by atoms with Gasteiger partial charge in [0.15, 0.2) is 6.10 Å². The van der Waals surface area contributed by atoms with E-state index in [2.05, 4.69) is 44.5 Å². The number of halogens is 2. The zero-order valence-corrected chi connectivity index (χ0v) is 14.3. The summed E-state index contributed by atoms with van der Waals surface area (Å²) in [6.07, 6.45) is 5.30. The second kappa shape index (κ2) is 4.99. The predicted octanol–water partition coefficient (Wildman–Crippen LogP) is 3.64. The molecule has 0 bridgehead atoms. The molecule has 3 aliphatic heterocycles. The van der Waals surface area contributed by atoms with Gasteiger partial charge in [0.05, 0.1) is 18.3 Å². The molecule has 1 saturated carbocycles. The molecule has 0 aromatic rings. The maximum absolute atomic E-state index is 6.13. The Labute approximate surface area is 135 Å². The highest BCUT2D eigenvalue weighted by molar-refractivity contribution is 9.11. The Balaban J connectivity index is 1.43. The molecule has 2 saturated heterocycles. The summed E-state index contributed by atoms with van der Waals surface area (Å²) in [5, 5.41) is 0. The molecule has 7 atom stereocenters. The monoisotopic (exact) mass is 402 g/mol. The molecule has 3 heterocycles. The molecular weight excluding hydrogens is 388 g/mol. The van der Waals surface area contributed by atoms with Crippen molar-refractivity contribution in [2.45, 2.75) is 50.3 Å². The minimum Gasteiger partial charge on any atom is -0.487 e. The van der Waals surface area contributed by atoms with E-state index >= 15 is 0 Å². The summed E-state index contributed by atoms with van der Waals surface area (Å²) in [4.78, 5) is 1.72. The lowest BCUT2D eigenvalue weighted by Gasteiger charge is -2.45. The second-order valence-electron chi connectivity index (χ2n) is 5.96. The normalized spacial score (nSPS) is 48.5. The highest BCUT2D eigenvalue weighted by Gasteiger charge is 2.62. The summed E-state index contributed by atoms with van der Waals surface area (Å²) in [5.41, 5.74) is 3.04. The van der Waals surface area contributed by atoms with Crippen LogP contribution in [-0.4, -0.2) is 30.5 Å². The Morgan fingerprint density at radius 3 is 2.70 bits per heavy atom. The van der Waals surface area contributed by atoms with Gasteiger partial charge < -0.3 is 14.2 Å². The van der Waals surface area contributed by atoms with Gasteiger partial charge in [-0.05, 0) is 25.3 Å². The Morgan fingerprint density at radius 2 is 2.00 bits per heavy atom. The smallest absolute Gasteiger partial charge is 0.153 e. The third kappa shape index (κ3) is 2.24. The highest BCUT2D eigenvalue weighted by atomic mass is 79.9. The molecule has 108 valence electrons. The molecule has 1 aliphatic carbocycles. The SMILES string of the molecule is CC1OC1C1CC1C1OC2=C(Br)CC(C=C=CBr)OC21. The Kier molecular flexibility index (Phi) is 3.39. The van der Waals surface area contributed by atoms with E-state index in [4.69, 9.17) is 14.2 Å². The van der Waals surface area contributed by atoms with Crippen molar-refractivity contribution in [1.29, 1.82) is 0 Å². The van der Waals surface area contributed by atoms with Gasteiger partial charge in [-0.1, -0.05) is 31.9 Å². The van der Waals surface area contributed by atoms with Crippen molar-refractivity contribution >= 4 is 31.9 Å². The Morgan fingerprint density at radius 1 is 1.25 bits per heavy atom. The van der Waals surface area contributed by atoms with Crippen LogP contribution in [0.15, 0.2) is 27.0 Å². The van der Waals surface area contributed by atoms with E-state index < -0.39 is 0 Å². The zero-order chi connectivity index (χ0) is 13.9. The van der Waals surface area contributed by atoms with Gasteiger partial charge >= 0.3 is 0 Å². The first kappa shape index (κ1) is 13.6. The maximum Gasteiger partial charge on any atom is 0.153 e. The summed E-state index contributed by atoms with van der Waals surface area (Å²) in [6.45, 7) is 2.15. The van der Waals surface area contributed by atoms with Crippen molar-refractivity contribution < 1.29 is 14.2 Å². The van der Waals surface area contributed by atoms with Crippen LogP contribution in [0.25, 0.3) is 0 Å². The number of ether oxygens (including phenoxy) is 3. The highest BCUT2D eigenvalue weighted by Crippen LogP contribution is 2.57. The Hall–Kier alpha value is -0.0600. The van der Waals surface area contributed by atoms with Gasteiger partial charge in [0.2, 0.25) is 0 Å². The first-order valence-corrected chi connectivity index (χ1v) is 8.77. The van der Waals surface area contributed by atoms with E-state index in [1.54, 1.807) is 4.99 Å². The molecule has 0 spiro atoms. The Bertz CT molecular complexity index is 523. The fourth-order valence-electron chi connectivity index (χ4n) is 3.42. The van der Waals surface area contributed by atoms with Crippen LogP contribution in [0, 0.1) is 11.8 Å². The van der Waals surface area contributed by atoms with Crippen LogP contribution in [0.4, 0.5) is 0 Å². The molecule has 0 aromatic heterocycles. The molecule has 20 heavy (non-hydrogen) atoms. The van der Waals surface area contributed by atoms with Gasteiger partial charge in [-0.3, -0.25) is 0 Å². The van der Waals surface area contributed by atoms with E-state index in [0.717, 1.165) is 16.7 Å². The second-order valence-corrected chi connectivity index (χ2v) is 7.38. The molecule has 0 amide bonds. The van der Waals surface area contributed by atoms with Gasteiger partial charge in [0, 0.05) is 21.8 Å². The molecule has 0 aromatic carbocycles. The van der Waals surface area contributed by atoms with Gasteiger partial charge in [-0.2, -0.15) is 0 Å². The number of hydrogen-bond donors (Lipinski definition) is 0. The molecule has 5 heteroatoms. The topological polar surface area (TPSA) is 31.0 Å². The molecule has 7 unspecified atom stereocenters. The number of fused-ring (bicyclic) bond motifs is 1. The van der Waals surface area contributed by atoms with Crippen LogP contribution in [0.3, 0.4) is 0 Å².